The lowest BCUT2D eigenvalue weighted by molar-refractivity contribution is -0.119. The zero-order valence-corrected chi connectivity index (χ0v) is 11.5. The first-order valence-electron chi connectivity index (χ1n) is 5.75. The molecular formula is C13H18ClN3O. The summed E-state index contributed by atoms with van der Waals surface area (Å²) < 4.78 is 0. The number of carbonyl (C=O) groups is 1. The first-order chi connectivity index (χ1) is 8.41. The summed E-state index contributed by atoms with van der Waals surface area (Å²) >= 11 is 6.12. The zero-order chi connectivity index (χ0) is 13.7. The minimum Gasteiger partial charge on any atom is -0.370 e. The second-order valence-electron chi connectivity index (χ2n) is 4.32. The van der Waals surface area contributed by atoms with Gasteiger partial charge in [0.25, 0.3) is 0 Å². The standard InChI is InChI=1S/C13H18ClN3O/c1-8(2)16-13(15)17-12(18)11(14)10-7-5-4-6-9(10)3/h4-8,11H,1-3H3,(H3,15,16,17,18). The normalized spacial score (nSPS) is 13.5. The second-order valence-corrected chi connectivity index (χ2v) is 4.75. The first-order valence-corrected chi connectivity index (χ1v) is 6.19. The summed E-state index contributed by atoms with van der Waals surface area (Å²) in [5.41, 5.74) is 7.33. The molecule has 18 heavy (non-hydrogen) atoms. The molecule has 0 aromatic heterocycles. The van der Waals surface area contributed by atoms with Crippen molar-refractivity contribution in [2.45, 2.75) is 32.2 Å². The largest absolute Gasteiger partial charge is 0.370 e. The molecule has 1 aromatic rings. The molecular weight excluding hydrogens is 250 g/mol. The molecule has 0 heterocycles. The molecule has 0 saturated heterocycles. The lowest BCUT2D eigenvalue weighted by Crippen LogP contribution is -2.39. The monoisotopic (exact) mass is 267 g/mol. The van der Waals surface area contributed by atoms with Crippen molar-refractivity contribution >= 4 is 23.5 Å². The number of aliphatic imine (C=N–C) groups is 1. The molecule has 1 unspecified atom stereocenters. The molecule has 98 valence electrons. The van der Waals surface area contributed by atoms with E-state index in [4.69, 9.17) is 17.3 Å². The van der Waals surface area contributed by atoms with Crippen molar-refractivity contribution in [3.8, 4) is 0 Å². The van der Waals surface area contributed by atoms with Gasteiger partial charge in [0.05, 0.1) is 0 Å². The molecule has 0 aliphatic carbocycles. The molecule has 0 bridgehead atoms. The van der Waals surface area contributed by atoms with Gasteiger partial charge >= 0.3 is 0 Å². The Morgan fingerprint density at radius 1 is 1.39 bits per heavy atom. The zero-order valence-electron chi connectivity index (χ0n) is 10.8. The minimum atomic E-state index is -0.771. The fourth-order valence-corrected chi connectivity index (χ4v) is 1.81. The predicted octanol–water partition coefficient (Wildman–Crippen LogP) is 2.11. The first kappa shape index (κ1) is 14.5. The molecule has 0 fully saturated rings. The number of rotatable bonds is 3. The van der Waals surface area contributed by atoms with E-state index in [1.807, 2.05) is 45.0 Å². The third-order valence-electron chi connectivity index (χ3n) is 2.34. The van der Waals surface area contributed by atoms with Crippen LogP contribution in [0.25, 0.3) is 0 Å². The van der Waals surface area contributed by atoms with Crippen LogP contribution in [0.1, 0.15) is 30.4 Å². The lowest BCUT2D eigenvalue weighted by atomic mass is 10.1. The van der Waals surface area contributed by atoms with Gasteiger partial charge in [0.1, 0.15) is 5.38 Å². The van der Waals surface area contributed by atoms with Crippen molar-refractivity contribution in [1.29, 1.82) is 0 Å². The number of nitrogens with two attached hydrogens (primary N) is 1. The van der Waals surface area contributed by atoms with Gasteiger partial charge in [-0.1, -0.05) is 24.3 Å². The van der Waals surface area contributed by atoms with E-state index in [-0.39, 0.29) is 17.9 Å². The number of alkyl halides is 1. The van der Waals surface area contributed by atoms with Crippen molar-refractivity contribution in [3.63, 3.8) is 0 Å². The Kier molecular flexibility index (Phi) is 5.16. The average molecular weight is 268 g/mol. The second kappa shape index (κ2) is 6.40. The van der Waals surface area contributed by atoms with Gasteiger partial charge in [-0.15, -0.1) is 11.6 Å². The highest BCUT2D eigenvalue weighted by atomic mass is 35.5. The average Bonchev–Trinajstić information content (AvgIpc) is 2.27. The maximum atomic E-state index is 11.9. The highest BCUT2D eigenvalue weighted by molar-refractivity contribution is 6.32. The van der Waals surface area contributed by atoms with Gasteiger partial charge in [0, 0.05) is 6.04 Å². The summed E-state index contributed by atoms with van der Waals surface area (Å²) in [4.78, 5) is 15.9. The van der Waals surface area contributed by atoms with E-state index in [0.717, 1.165) is 11.1 Å². The molecule has 0 radical (unpaired) electrons. The molecule has 4 nitrogen and oxygen atoms in total. The van der Waals surface area contributed by atoms with Crippen molar-refractivity contribution in [3.05, 3.63) is 35.4 Å². The number of amides is 1. The van der Waals surface area contributed by atoms with Crippen molar-refractivity contribution in [2.24, 2.45) is 10.7 Å². The van der Waals surface area contributed by atoms with E-state index in [1.165, 1.54) is 0 Å². The molecule has 0 aliphatic rings. The summed E-state index contributed by atoms with van der Waals surface area (Å²) in [6, 6.07) is 7.50. The Hall–Kier alpha value is -1.55. The van der Waals surface area contributed by atoms with Gasteiger partial charge in [-0.05, 0) is 31.9 Å². The van der Waals surface area contributed by atoms with Gasteiger partial charge in [-0.25, -0.2) is 0 Å². The highest BCUT2D eigenvalue weighted by Crippen LogP contribution is 2.23. The molecule has 0 saturated carbocycles. The maximum Gasteiger partial charge on any atom is 0.249 e. The van der Waals surface area contributed by atoms with Crippen molar-refractivity contribution in [2.75, 3.05) is 0 Å². The van der Waals surface area contributed by atoms with Gasteiger partial charge in [-0.2, -0.15) is 0 Å². The predicted molar refractivity (Wildman–Crippen MR) is 74.7 cm³/mol. The highest BCUT2D eigenvalue weighted by Gasteiger charge is 2.19. The van der Waals surface area contributed by atoms with E-state index in [9.17, 15) is 4.79 Å². The van der Waals surface area contributed by atoms with E-state index >= 15 is 0 Å². The number of carbonyl (C=O) groups excluding carboxylic acids is 1. The third-order valence-corrected chi connectivity index (χ3v) is 2.77. The number of benzene rings is 1. The molecule has 0 aliphatic heterocycles. The van der Waals surface area contributed by atoms with Crippen molar-refractivity contribution < 1.29 is 4.79 Å². The Bertz CT molecular complexity index is 457. The molecule has 5 heteroatoms. The van der Waals surface area contributed by atoms with Crippen LogP contribution in [0, 0.1) is 6.92 Å². The fraction of sp³-hybridized carbons (Fsp3) is 0.385. The molecule has 1 aromatic carbocycles. The van der Waals surface area contributed by atoms with Crippen LogP contribution in [0.3, 0.4) is 0 Å². The van der Waals surface area contributed by atoms with Gasteiger partial charge in [0.2, 0.25) is 5.91 Å². The topological polar surface area (TPSA) is 67.5 Å². The Morgan fingerprint density at radius 3 is 2.56 bits per heavy atom. The number of nitrogens with one attached hydrogen (secondary N) is 1. The summed E-state index contributed by atoms with van der Waals surface area (Å²) in [5, 5.41) is 1.72. The summed E-state index contributed by atoms with van der Waals surface area (Å²) in [7, 11) is 0. The number of aryl methyl sites for hydroxylation is 1. The Morgan fingerprint density at radius 2 is 2.00 bits per heavy atom. The minimum absolute atomic E-state index is 0.0255. The number of nitrogens with zero attached hydrogens (tertiary/aromatic N) is 1. The number of guanidine groups is 1. The SMILES string of the molecule is Cc1ccccc1C(Cl)C(=O)NC(N)=NC(C)C. The van der Waals surface area contributed by atoms with E-state index in [0.29, 0.717) is 0 Å². The van der Waals surface area contributed by atoms with Crippen LogP contribution in [0.5, 0.6) is 0 Å². The third kappa shape index (κ3) is 4.04. The molecule has 3 N–H and O–H groups in total. The van der Waals surface area contributed by atoms with Crippen LogP contribution in [-0.2, 0) is 4.79 Å². The molecule has 1 atom stereocenters. The van der Waals surface area contributed by atoms with Gasteiger partial charge < -0.3 is 5.73 Å². The number of halogens is 1. The molecule has 1 rings (SSSR count). The van der Waals surface area contributed by atoms with E-state index < -0.39 is 5.38 Å². The quantitative estimate of drug-likeness (QED) is 0.500. The van der Waals surface area contributed by atoms with Crippen LogP contribution in [0.15, 0.2) is 29.3 Å². The molecule has 0 spiro atoms. The fourth-order valence-electron chi connectivity index (χ4n) is 1.51. The number of hydrogen-bond donors (Lipinski definition) is 2. The summed E-state index contributed by atoms with van der Waals surface area (Å²) in [6.07, 6.45) is 0. The van der Waals surface area contributed by atoms with E-state index in [2.05, 4.69) is 10.3 Å². The van der Waals surface area contributed by atoms with Crippen LogP contribution in [0.2, 0.25) is 0 Å². The van der Waals surface area contributed by atoms with Gasteiger partial charge in [-0.3, -0.25) is 15.1 Å². The lowest BCUT2D eigenvalue weighted by Gasteiger charge is -2.13. The maximum absolute atomic E-state index is 11.9. The molecule has 1 amide bonds. The van der Waals surface area contributed by atoms with E-state index in [1.54, 1.807) is 0 Å². The number of hydrogen-bond acceptors (Lipinski definition) is 2. The van der Waals surface area contributed by atoms with Crippen LogP contribution in [-0.4, -0.2) is 17.9 Å². The Labute approximate surface area is 112 Å². The van der Waals surface area contributed by atoms with Crippen LogP contribution in [0.4, 0.5) is 0 Å². The summed E-state index contributed by atoms with van der Waals surface area (Å²) in [6.45, 7) is 5.65. The van der Waals surface area contributed by atoms with Crippen LogP contribution < -0.4 is 11.1 Å². The van der Waals surface area contributed by atoms with Gasteiger partial charge in [0.15, 0.2) is 5.96 Å². The smallest absolute Gasteiger partial charge is 0.249 e. The summed E-state index contributed by atoms with van der Waals surface area (Å²) in [5.74, 6) is -0.276. The Balaban J connectivity index is 2.77. The van der Waals surface area contributed by atoms with Crippen LogP contribution >= 0.6 is 11.6 Å². The van der Waals surface area contributed by atoms with Crippen molar-refractivity contribution in [1.82, 2.24) is 5.32 Å².